The fourth-order valence-corrected chi connectivity index (χ4v) is 2.37. The summed E-state index contributed by atoms with van der Waals surface area (Å²) in [6.45, 7) is 4.50. The van der Waals surface area contributed by atoms with E-state index < -0.39 is 0 Å². The van der Waals surface area contributed by atoms with Crippen LogP contribution in [0.3, 0.4) is 0 Å². The van der Waals surface area contributed by atoms with Crippen molar-refractivity contribution in [2.24, 2.45) is 0 Å². The Bertz CT molecular complexity index is 529. The summed E-state index contributed by atoms with van der Waals surface area (Å²) in [6, 6.07) is 9.20. The van der Waals surface area contributed by atoms with Crippen LogP contribution in [0.25, 0.3) is 0 Å². The maximum atomic E-state index is 12.2. The molecule has 0 aliphatic rings. The number of carbonyl (C=O) groups is 1. The van der Waals surface area contributed by atoms with Crippen molar-refractivity contribution in [3.63, 3.8) is 0 Å². The molecular weight excluding hydrogens is 232 g/mol. The van der Waals surface area contributed by atoms with Crippen LogP contribution < -0.4 is 4.74 Å². The number of benzene rings is 1. The lowest BCUT2D eigenvalue weighted by molar-refractivity contribution is 0.103. The van der Waals surface area contributed by atoms with E-state index in [1.165, 1.54) is 0 Å². The van der Waals surface area contributed by atoms with Crippen molar-refractivity contribution >= 4 is 17.1 Å². The smallest absolute Gasteiger partial charge is 0.194 e. The van der Waals surface area contributed by atoms with Gasteiger partial charge in [-0.25, -0.2) is 0 Å². The van der Waals surface area contributed by atoms with E-state index in [1.807, 2.05) is 43.5 Å². The van der Waals surface area contributed by atoms with Crippen LogP contribution in [-0.2, 0) is 0 Å². The van der Waals surface area contributed by atoms with Gasteiger partial charge in [0.05, 0.1) is 6.61 Å². The zero-order valence-corrected chi connectivity index (χ0v) is 10.7. The first kappa shape index (κ1) is 11.9. The zero-order chi connectivity index (χ0) is 12.3. The van der Waals surface area contributed by atoms with Gasteiger partial charge in [-0.3, -0.25) is 4.79 Å². The van der Waals surface area contributed by atoms with Gasteiger partial charge in [0.15, 0.2) is 5.78 Å². The zero-order valence-electron chi connectivity index (χ0n) is 9.90. The van der Waals surface area contributed by atoms with Gasteiger partial charge in [0, 0.05) is 16.0 Å². The fourth-order valence-electron chi connectivity index (χ4n) is 1.67. The number of hydrogen-bond acceptors (Lipinski definition) is 3. The van der Waals surface area contributed by atoms with E-state index in [1.54, 1.807) is 17.4 Å². The lowest BCUT2D eigenvalue weighted by Gasteiger charge is -2.05. The van der Waals surface area contributed by atoms with Crippen molar-refractivity contribution in [1.82, 2.24) is 0 Å². The number of rotatable bonds is 4. The minimum Gasteiger partial charge on any atom is -0.494 e. The average Bonchev–Trinajstić information content (AvgIpc) is 2.75. The van der Waals surface area contributed by atoms with Crippen LogP contribution >= 0.6 is 11.3 Å². The van der Waals surface area contributed by atoms with Gasteiger partial charge in [-0.1, -0.05) is 12.1 Å². The van der Waals surface area contributed by atoms with Gasteiger partial charge in [-0.15, -0.1) is 11.3 Å². The van der Waals surface area contributed by atoms with Gasteiger partial charge in [0.25, 0.3) is 0 Å². The molecule has 0 N–H and O–H groups in total. The summed E-state index contributed by atoms with van der Waals surface area (Å²) < 4.78 is 5.39. The molecule has 0 radical (unpaired) electrons. The first-order valence-corrected chi connectivity index (χ1v) is 6.42. The summed E-state index contributed by atoms with van der Waals surface area (Å²) >= 11 is 1.59. The molecule has 0 amide bonds. The van der Waals surface area contributed by atoms with Gasteiger partial charge < -0.3 is 4.74 Å². The van der Waals surface area contributed by atoms with Gasteiger partial charge >= 0.3 is 0 Å². The van der Waals surface area contributed by atoms with Crippen LogP contribution in [0.1, 0.15) is 27.7 Å². The van der Waals surface area contributed by atoms with Crippen LogP contribution in [0.4, 0.5) is 0 Å². The Hall–Kier alpha value is -1.61. The first-order chi connectivity index (χ1) is 8.22. The quantitative estimate of drug-likeness (QED) is 0.769. The first-order valence-electron chi connectivity index (χ1n) is 5.54. The normalized spacial score (nSPS) is 10.2. The predicted octanol–water partition coefficient (Wildman–Crippen LogP) is 3.69. The van der Waals surface area contributed by atoms with Crippen LogP contribution in [0.5, 0.6) is 5.75 Å². The number of aryl methyl sites for hydroxylation is 1. The molecule has 1 aromatic carbocycles. The highest BCUT2D eigenvalue weighted by Gasteiger charge is 2.12. The van der Waals surface area contributed by atoms with E-state index in [4.69, 9.17) is 4.74 Å². The van der Waals surface area contributed by atoms with Gasteiger partial charge in [-0.2, -0.15) is 0 Å². The Morgan fingerprint density at radius 2 is 2.18 bits per heavy atom. The van der Waals surface area contributed by atoms with Crippen molar-refractivity contribution in [3.05, 3.63) is 51.7 Å². The van der Waals surface area contributed by atoms with Gasteiger partial charge in [0.2, 0.25) is 0 Å². The Balaban J connectivity index is 2.31. The topological polar surface area (TPSA) is 26.3 Å². The van der Waals surface area contributed by atoms with E-state index >= 15 is 0 Å². The number of hydrogen-bond donors (Lipinski definition) is 0. The highest BCUT2D eigenvalue weighted by molar-refractivity contribution is 7.10. The van der Waals surface area contributed by atoms with E-state index in [0.29, 0.717) is 12.2 Å². The summed E-state index contributed by atoms with van der Waals surface area (Å²) in [5.74, 6) is 0.802. The summed E-state index contributed by atoms with van der Waals surface area (Å²) in [4.78, 5) is 13.3. The van der Waals surface area contributed by atoms with Crippen LogP contribution in [0.2, 0.25) is 0 Å². The monoisotopic (exact) mass is 246 g/mol. The molecule has 2 nitrogen and oxygen atoms in total. The molecule has 0 atom stereocenters. The Labute approximate surface area is 105 Å². The predicted molar refractivity (Wildman–Crippen MR) is 70.1 cm³/mol. The third-order valence-electron chi connectivity index (χ3n) is 2.51. The lowest BCUT2D eigenvalue weighted by atomic mass is 10.0. The average molecular weight is 246 g/mol. The number of ether oxygens (including phenoxy) is 1. The molecule has 0 saturated carbocycles. The van der Waals surface area contributed by atoms with Crippen molar-refractivity contribution in [3.8, 4) is 5.75 Å². The van der Waals surface area contributed by atoms with E-state index in [0.717, 1.165) is 16.2 Å². The minimum absolute atomic E-state index is 0.0605. The molecule has 2 aromatic rings. The summed E-state index contributed by atoms with van der Waals surface area (Å²) in [6.07, 6.45) is 0. The fraction of sp³-hybridized carbons (Fsp3) is 0.214. The molecule has 0 fully saturated rings. The summed E-state index contributed by atoms with van der Waals surface area (Å²) in [5.41, 5.74) is 1.46. The third-order valence-corrected chi connectivity index (χ3v) is 3.36. The van der Waals surface area contributed by atoms with Crippen molar-refractivity contribution < 1.29 is 9.53 Å². The molecule has 0 bridgehead atoms. The Morgan fingerprint density at radius 3 is 2.82 bits per heavy atom. The molecule has 3 heteroatoms. The molecule has 0 saturated heterocycles. The number of ketones is 1. The summed E-state index contributed by atoms with van der Waals surface area (Å²) in [7, 11) is 0. The molecular formula is C14H14O2S. The molecule has 0 unspecified atom stereocenters. The standard InChI is InChI=1S/C14H14O2S/c1-3-16-12-6-4-5-11(9-12)14(15)13-7-8-17-10(13)2/h4-9H,3H2,1-2H3. The van der Waals surface area contributed by atoms with Gasteiger partial charge in [0.1, 0.15) is 5.75 Å². The molecule has 2 rings (SSSR count). The molecule has 1 aromatic heterocycles. The second kappa shape index (κ2) is 5.15. The maximum absolute atomic E-state index is 12.2. The minimum atomic E-state index is 0.0605. The second-order valence-electron chi connectivity index (χ2n) is 3.68. The lowest BCUT2D eigenvalue weighted by Crippen LogP contribution is -2.02. The van der Waals surface area contributed by atoms with E-state index in [-0.39, 0.29) is 5.78 Å². The molecule has 0 spiro atoms. The van der Waals surface area contributed by atoms with Gasteiger partial charge in [-0.05, 0) is 37.4 Å². The Kier molecular flexibility index (Phi) is 3.59. The highest BCUT2D eigenvalue weighted by atomic mass is 32.1. The van der Waals surface area contributed by atoms with Crippen molar-refractivity contribution in [1.29, 1.82) is 0 Å². The van der Waals surface area contributed by atoms with E-state index in [2.05, 4.69) is 0 Å². The molecule has 0 aliphatic heterocycles. The highest BCUT2D eigenvalue weighted by Crippen LogP contribution is 2.21. The SMILES string of the molecule is CCOc1cccc(C(=O)c2ccsc2C)c1. The molecule has 17 heavy (non-hydrogen) atoms. The molecule has 0 aliphatic carbocycles. The van der Waals surface area contributed by atoms with Crippen molar-refractivity contribution in [2.75, 3.05) is 6.61 Å². The van der Waals surface area contributed by atoms with Crippen LogP contribution in [0, 0.1) is 6.92 Å². The molecule has 1 heterocycles. The van der Waals surface area contributed by atoms with Crippen molar-refractivity contribution in [2.45, 2.75) is 13.8 Å². The second-order valence-corrected chi connectivity index (χ2v) is 4.80. The number of carbonyl (C=O) groups excluding carboxylic acids is 1. The van der Waals surface area contributed by atoms with E-state index in [9.17, 15) is 4.79 Å². The summed E-state index contributed by atoms with van der Waals surface area (Å²) in [5, 5.41) is 1.94. The molecule has 88 valence electrons. The largest absolute Gasteiger partial charge is 0.494 e. The number of thiophene rings is 1. The third kappa shape index (κ3) is 2.56. The van der Waals surface area contributed by atoms with Crippen LogP contribution in [0.15, 0.2) is 35.7 Å². The Morgan fingerprint density at radius 1 is 1.35 bits per heavy atom. The van der Waals surface area contributed by atoms with Crippen LogP contribution in [-0.4, -0.2) is 12.4 Å². The maximum Gasteiger partial charge on any atom is 0.194 e.